The van der Waals surface area contributed by atoms with E-state index in [4.69, 9.17) is 9.47 Å². The van der Waals surface area contributed by atoms with Crippen LogP contribution in [0.15, 0.2) is 36.5 Å². The van der Waals surface area contributed by atoms with Crippen molar-refractivity contribution in [2.45, 2.75) is 367 Å². The third-order valence-corrected chi connectivity index (χ3v) is 14.9. The highest BCUT2D eigenvalue weighted by Crippen LogP contribution is 2.18. The van der Waals surface area contributed by atoms with Gasteiger partial charge in [0, 0.05) is 12.8 Å². The van der Waals surface area contributed by atoms with Gasteiger partial charge >= 0.3 is 11.9 Å². The van der Waals surface area contributed by atoms with Gasteiger partial charge in [-0.25, -0.2) is 0 Å². The molecule has 1 unspecified atom stereocenters. The molecule has 1 atom stereocenters. The molecule has 72 heavy (non-hydrogen) atoms. The molecular formula is C67H126O5. The van der Waals surface area contributed by atoms with Crippen molar-refractivity contribution in [3.05, 3.63) is 36.5 Å². The molecule has 5 heteroatoms. The van der Waals surface area contributed by atoms with Crippen LogP contribution >= 0.6 is 0 Å². The fraction of sp³-hybridized carbons (Fsp3) is 0.881. The molecule has 0 rings (SSSR count). The van der Waals surface area contributed by atoms with E-state index in [0.717, 1.165) is 38.5 Å². The summed E-state index contributed by atoms with van der Waals surface area (Å²) in [6, 6.07) is 0. The van der Waals surface area contributed by atoms with Gasteiger partial charge in [0.05, 0.1) is 6.61 Å². The van der Waals surface area contributed by atoms with Gasteiger partial charge in [0.1, 0.15) is 6.61 Å². The molecule has 424 valence electrons. The Balaban J connectivity index is 3.39. The first-order chi connectivity index (χ1) is 35.6. The summed E-state index contributed by atoms with van der Waals surface area (Å²) in [4.78, 5) is 24.6. The number of aliphatic hydroxyl groups excluding tert-OH is 1. The van der Waals surface area contributed by atoms with Crippen LogP contribution in [0.4, 0.5) is 0 Å². The number of ether oxygens (including phenoxy) is 2. The molecule has 0 aliphatic heterocycles. The Morgan fingerprint density at radius 2 is 0.556 bits per heavy atom. The molecule has 0 spiro atoms. The third-order valence-electron chi connectivity index (χ3n) is 14.9. The van der Waals surface area contributed by atoms with Crippen molar-refractivity contribution in [1.29, 1.82) is 0 Å². The molecule has 0 heterocycles. The molecule has 0 aromatic rings. The first-order valence-corrected chi connectivity index (χ1v) is 32.5. The van der Waals surface area contributed by atoms with Crippen LogP contribution in [-0.2, 0) is 19.1 Å². The van der Waals surface area contributed by atoms with Crippen molar-refractivity contribution in [1.82, 2.24) is 0 Å². The van der Waals surface area contributed by atoms with Crippen molar-refractivity contribution < 1.29 is 24.2 Å². The largest absolute Gasteiger partial charge is 0.462 e. The Hall–Kier alpha value is -1.88. The lowest BCUT2D eigenvalue weighted by Crippen LogP contribution is -2.28. The van der Waals surface area contributed by atoms with E-state index >= 15 is 0 Å². The predicted molar refractivity (Wildman–Crippen MR) is 316 cm³/mol. The number of carbonyl (C=O) groups excluding carboxylic acids is 2. The minimum absolute atomic E-state index is 0.0616. The highest BCUT2D eigenvalue weighted by atomic mass is 16.6. The Morgan fingerprint density at radius 1 is 0.319 bits per heavy atom. The maximum Gasteiger partial charge on any atom is 0.306 e. The van der Waals surface area contributed by atoms with Gasteiger partial charge in [-0.15, -0.1) is 0 Å². The van der Waals surface area contributed by atoms with Gasteiger partial charge in [0.25, 0.3) is 0 Å². The topological polar surface area (TPSA) is 72.8 Å². The van der Waals surface area contributed by atoms with E-state index in [-0.39, 0.29) is 25.2 Å². The first-order valence-electron chi connectivity index (χ1n) is 32.5. The van der Waals surface area contributed by atoms with Gasteiger partial charge in [-0.05, 0) is 70.6 Å². The van der Waals surface area contributed by atoms with E-state index in [1.54, 1.807) is 0 Å². The minimum atomic E-state index is -0.772. The number of unbranched alkanes of at least 4 members (excludes halogenated alkanes) is 47. The second-order valence-electron chi connectivity index (χ2n) is 22.2. The number of hydrogen-bond acceptors (Lipinski definition) is 5. The quantitative estimate of drug-likeness (QED) is 0.0373. The molecule has 0 saturated heterocycles. The second kappa shape index (κ2) is 63.4. The predicted octanol–water partition coefficient (Wildman–Crippen LogP) is 22.2. The average Bonchev–Trinajstić information content (AvgIpc) is 3.38. The molecule has 0 bridgehead atoms. The van der Waals surface area contributed by atoms with Gasteiger partial charge < -0.3 is 14.6 Å². The monoisotopic (exact) mass is 1010 g/mol. The Kier molecular flexibility index (Phi) is 61.8. The van der Waals surface area contributed by atoms with Crippen molar-refractivity contribution in [2.24, 2.45) is 0 Å². The standard InChI is InChI=1S/C67H126O5/c1-3-5-7-9-11-13-15-17-19-21-23-25-27-28-29-30-31-32-33-34-35-36-37-38-40-41-43-45-47-49-51-53-55-57-59-61-66(69)71-64-65(63-68)72-67(70)62-60-58-56-54-52-50-48-46-44-42-39-26-24-22-20-18-16-14-12-10-8-6-4-2/h16,18,21-24,65,68H,3-15,17,19-20,25-64H2,1-2H3/b18-16-,23-21-,24-22-. The SMILES string of the molecule is CCCCCCC/C=C\C/C=C\CCCCCCCCCCCCCC(=O)OC(CO)COC(=O)CCCCCCCCCCCCCCCCCCCCCCCCC/C=C\CCCCCCCCCC. The fourth-order valence-electron chi connectivity index (χ4n) is 10.00. The summed E-state index contributed by atoms with van der Waals surface area (Å²) in [5.41, 5.74) is 0. The normalized spacial score (nSPS) is 12.3. The van der Waals surface area contributed by atoms with Crippen LogP contribution in [0.25, 0.3) is 0 Å². The van der Waals surface area contributed by atoms with Crippen molar-refractivity contribution in [2.75, 3.05) is 13.2 Å². The number of allylic oxidation sites excluding steroid dienone is 6. The molecular weight excluding hydrogens is 885 g/mol. The Labute approximate surface area is 450 Å². The van der Waals surface area contributed by atoms with Crippen LogP contribution in [0, 0.1) is 0 Å². The van der Waals surface area contributed by atoms with Crippen molar-refractivity contribution >= 4 is 11.9 Å². The van der Waals surface area contributed by atoms with Gasteiger partial charge in [0.15, 0.2) is 6.10 Å². The lowest BCUT2D eigenvalue weighted by Gasteiger charge is -2.15. The summed E-state index contributed by atoms with van der Waals surface area (Å²) >= 11 is 0. The third kappa shape index (κ3) is 60.7. The van der Waals surface area contributed by atoms with Crippen LogP contribution in [0.1, 0.15) is 361 Å². The lowest BCUT2D eigenvalue weighted by atomic mass is 10.0. The number of carbonyl (C=O) groups is 2. The molecule has 0 aromatic carbocycles. The number of hydrogen-bond donors (Lipinski definition) is 1. The molecule has 0 saturated carbocycles. The van der Waals surface area contributed by atoms with E-state index in [2.05, 4.69) is 50.3 Å². The summed E-state index contributed by atoms with van der Waals surface area (Å²) in [6.45, 7) is 4.18. The van der Waals surface area contributed by atoms with Crippen LogP contribution in [-0.4, -0.2) is 36.4 Å². The zero-order valence-electron chi connectivity index (χ0n) is 48.7. The van der Waals surface area contributed by atoms with Crippen LogP contribution < -0.4 is 0 Å². The molecule has 1 N–H and O–H groups in total. The first kappa shape index (κ1) is 70.1. The van der Waals surface area contributed by atoms with E-state index in [9.17, 15) is 14.7 Å². The van der Waals surface area contributed by atoms with Crippen LogP contribution in [0.3, 0.4) is 0 Å². The van der Waals surface area contributed by atoms with Gasteiger partial charge in [-0.3, -0.25) is 9.59 Å². The number of esters is 2. The van der Waals surface area contributed by atoms with Gasteiger partial charge in [0.2, 0.25) is 0 Å². The van der Waals surface area contributed by atoms with E-state index in [0.29, 0.717) is 12.8 Å². The Bertz CT molecular complexity index is 1140. The summed E-state index contributed by atoms with van der Waals surface area (Å²) in [6.07, 6.45) is 83.1. The summed E-state index contributed by atoms with van der Waals surface area (Å²) in [5, 5.41) is 9.68. The molecule has 0 amide bonds. The molecule has 0 aromatic heterocycles. The highest BCUT2D eigenvalue weighted by Gasteiger charge is 2.16. The molecule has 0 radical (unpaired) electrons. The number of rotatable bonds is 61. The summed E-state index contributed by atoms with van der Waals surface area (Å²) in [7, 11) is 0. The minimum Gasteiger partial charge on any atom is -0.462 e. The number of aliphatic hydroxyl groups is 1. The highest BCUT2D eigenvalue weighted by molar-refractivity contribution is 5.70. The molecule has 5 nitrogen and oxygen atoms in total. The lowest BCUT2D eigenvalue weighted by molar-refractivity contribution is -0.161. The van der Waals surface area contributed by atoms with Crippen molar-refractivity contribution in [3.63, 3.8) is 0 Å². The smallest absolute Gasteiger partial charge is 0.306 e. The van der Waals surface area contributed by atoms with Crippen LogP contribution in [0.2, 0.25) is 0 Å². The summed E-state index contributed by atoms with van der Waals surface area (Å²) in [5.74, 6) is -0.573. The van der Waals surface area contributed by atoms with Gasteiger partial charge in [-0.1, -0.05) is 314 Å². The zero-order valence-corrected chi connectivity index (χ0v) is 48.7. The van der Waals surface area contributed by atoms with Crippen molar-refractivity contribution in [3.8, 4) is 0 Å². The summed E-state index contributed by atoms with van der Waals surface area (Å²) < 4.78 is 10.7. The molecule has 0 fully saturated rings. The fourth-order valence-corrected chi connectivity index (χ4v) is 10.00. The average molecular weight is 1010 g/mol. The molecule has 0 aliphatic carbocycles. The maximum atomic E-state index is 12.3. The maximum absolute atomic E-state index is 12.3. The Morgan fingerprint density at radius 3 is 0.833 bits per heavy atom. The second-order valence-corrected chi connectivity index (χ2v) is 22.2. The van der Waals surface area contributed by atoms with Gasteiger partial charge in [-0.2, -0.15) is 0 Å². The zero-order chi connectivity index (χ0) is 52.0. The van der Waals surface area contributed by atoms with E-state index in [1.807, 2.05) is 0 Å². The van der Waals surface area contributed by atoms with Crippen LogP contribution in [0.5, 0.6) is 0 Å². The van der Waals surface area contributed by atoms with E-state index in [1.165, 1.54) is 295 Å². The molecule has 0 aliphatic rings. The van der Waals surface area contributed by atoms with E-state index < -0.39 is 6.10 Å².